The van der Waals surface area contributed by atoms with Gasteiger partial charge in [0.15, 0.2) is 0 Å². The molecule has 2 aromatic rings. The first-order chi connectivity index (χ1) is 10.8. The molecule has 0 amide bonds. The number of nitrogens with zero attached hydrogens (tertiary/aromatic N) is 1. The zero-order chi connectivity index (χ0) is 18.4. The summed E-state index contributed by atoms with van der Waals surface area (Å²) in [5.74, 6) is 0. The summed E-state index contributed by atoms with van der Waals surface area (Å²) in [6.45, 7) is 2.50. The molecule has 3 N–H and O–H groups in total. The van der Waals surface area contributed by atoms with E-state index in [1.807, 2.05) is 0 Å². The molecule has 0 saturated carbocycles. The van der Waals surface area contributed by atoms with Crippen molar-refractivity contribution in [1.82, 2.24) is 9.55 Å². The van der Waals surface area contributed by atoms with Crippen molar-refractivity contribution in [3.05, 3.63) is 44.5 Å². The lowest BCUT2D eigenvalue weighted by atomic mass is 10.1. The molecule has 0 aliphatic rings. The summed E-state index contributed by atoms with van der Waals surface area (Å²) in [6, 6.07) is 1.27. The Kier molecular flexibility index (Phi) is 4.51. The molecule has 0 aliphatic carbocycles. The maximum Gasteiger partial charge on any atom is 0.416 e. The SMILES string of the molecule is CC(C(C)P(=O)(O)O)n1c(=O)c(=O)[nH]c2cc(C(F)(F)F)ccc21. The monoisotopic (exact) mass is 366 g/mol. The lowest BCUT2D eigenvalue weighted by Crippen LogP contribution is -2.40. The highest BCUT2D eigenvalue weighted by atomic mass is 31.2. The largest absolute Gasteiger partial charge is 0.416 e. The van der Waals surface area contributed by atoms with E-state index >= 15 is 0 Å². The molecule has 2 unspecified atom stereocenters. The number of aromatic nitrogens is 2. The average Bonchev–Trinajstić information content (AvgIpc) is 2.44. The molecule has 2 rings (SSSR count). The number of H-pyrrole nitrogens is 1. The number of hydrogen-bond donors (Lipinski definition) is 3. The van der Waals surface area contributed by atoms with E-state index in [2.05, 4.69) is 4.98 Å². The first-order valence-corrected chi connectivity index (χ1v) is 8.43. The van der Waals surface area contributed by atoms with Gasteiger partial charge in [0.25, 0.3) is 0 Å². The number of alkyl halides is 3. The smallest absolute Gasteiger partial charge is 0.324 e. The molecular weight excluding hydrogens is 352 g/mol. The summed E-state index contributed by atoms with van der Waals surface area (Å²) >= 11 is 0. The molecule has 0 bridgehead atoms. The summed E-state index contributed by atoms with van der Waals surface area (Å²) in [5.41, 5.74) is -4.92. The van der Waals surface area contributed by atoms with Gasteiger partial charge in [0.1, 0.15) is 0 Å². The fraction of sp³-hybridized carbons (Fsp3) is 0.385. The number of benzene rings is 1. The lowest BCUT2D eigenvalue weighted by Gasteiger charge is -2.24. The second-order valence-electron chi connectivity index (χ2n) is 5.43. The molecule has 0 fully saturated rings. The van der Waals surface area contributed by atoms with Gasteiger partial charge in [0.05, 0.1) is 22.3 Å². The normalized spacial score (nSPS) is 15.5. The highest BCUT2D eigenvalue weighted by molar-refractivity contribution is 7.52. The number of halogens is 3. The Morgan fingerprint density at radius 3 is 2.29 bits per heavy atom. The molecule has 132 valence electrons. The van der Waals surface area contributed by atoms with Crippen molar-refractivity contribution in [2.75, 3.05) is 0 Å². The van der Waals surface area contributed by atoms with Gasteiger partial charge >= 0.3 is 24.9 Å². The number of aromatic amines is 1. The summed E-state index contributed by atoms with van der Waals surface area (Å²) in [4.78, 5) is 44.4. The van der Waals surface area contributed by atoms with Crippen molar-refractivity contribution >= 4 is 18.6 Å². The molecule has 1 aromatic heterocycles. The Hall–Kier alpha value is -1.90. The van der Waals surface area contributed by atoms with Crippen molar-refractivity contribution in [2.24, 2.45) is 0 Å². The van der Waals surface area contributed by atoms with Crippen LogP contribution in [-0.4, -0.2) is 25.0 Å². The highest BCUT2D eigenvalue weighted by Gasteiger charge is 2.33. The second kappa shape index (κ2) is 5.87. The van der Waals surface area contributed by atoms with Crippen LogP contribution in [0.1, 0.15) is 25.5 Å². The van der Waals surface area contributed by atoms with Gasteiger partial charge < -0.3 is 14.8 Å². The fourth-order valence-corrected chi connectivity index (χ4v) is 3.01. The quantitative estimate of drug-likeness (QED) is 0.567. The van der Waals surface area contributed by atoms with Crippen LogP contribution in [0.2, 0.25) is 0 Å². The van der Waals surface area contributed by atoms with Crippen LogP contribution in [0.25, 0.3) is 11.0 Å². The third-order valence-electron chi connectivity index (χ3n) is 3.88. The topological polar surface area (TPSA) is 112 Å². The Bertz CT molecular complexity index is 943. The number of fused-ring (bicyclic) bond motifs is 1. The number of rotatable bonds is 3. The molecule has 0 spiro atoms. The van der Waals surface area contributed by atoms with E-state index in [-0.39, 0.29) is 11.0 Å². The van der Waals surface area contributed by atoms with Crippen molar-refractivity contribution in [3.8, 4) is 0 Å². The minimum absolute atomic E-state index is 0.0552. The third-order valence-corrected chi connectivity index (χ3v) is 5.37. The first kappa shape index (κ1) is 18.4. The second-order valence-corrected chi connectivity index (χ2v) is 7.42. The van der Waals surface area contributed by atoms with E-state index in [0.29, 0.717) is 6.07 Å². The maximum absolute atomic E-state index is 12.8. The molecular formula is C13H14F3N2O5P. The zero-order valence-electron chi connectivity index (χ0n) is 12.5. The first-order valence-electron chi connectivity index (χ1n) is 6.75. The molecule has 7 nitrogen and oxygen atoms in total. The Balaban J connectivity index is 2.79. The van der Waals surface area contributed by atoms with Crippen LogP contribution in [0.4, 0.5) is 13.2 Å². The van der Waals surface area contributed by atoms with E-state index in [1.54, 1.807) is 0 Å². The molecule has 2 atom stereocenters. The zero-order valence-corrected chi connectivity index (χ0v) is 13.4. The Morgan fingerprint density at radius 1 is 1.21 bits per heavy atom. The van der Waals surface area contributed by atoms with Gasteiger partial charge in [-0.3, -0.25) is 18.7 Å². The molecule has 0 saturated heterocycles. The third kappa shape index (κ3) is 3.31. The minimum Gasteiger partial charge on any atom is -0.324 e. The number of nitrogens with one attached hydrogen (secondary N) is 1. The van der Waals surface area contributed by atoms with Gasteiger partial charge in [-0.1, -0.05) is 0 Å². The van der Waals surface area contributed by atoms with Crippen LogP contribution in [0.3, 0.4) is 0 Å². The van der Waals surface area contributed by atoms with Crippen molar-refractivity contribution in [3.63, 3.8) is 0 Å². The van der Waals surface area contributed by atoms with E-state index in [0.717, 1.165) is 16.7 Å². The average molecular weight is 366 g/mol. The van der Waals surface area contributed by atoms with Gasteiger partial charge in [-0.25, -0.2) is 0 Å². The number of hydrogen-bond acceptors (Lipinski definition) is 3. The molecule has 11 heteroatoms. The van der Waals surface area contributed by atoms with Crippen LogP contribution < -0.4 is 11.1 Å². The summed E-state index contributed by atoms with van der Waals surface area (Å²) in [6.07, 6.45) is -4.64. The molecule has 0 radical (unpaired) electrons. The Morgan fingerprint density at radius 2 is 1.79 bits per heavy atom. The van der Waals surface area contributed by atoms with Gasteiger partial charge in [-0.05, 0) is 32.0 Å². The molecule has 0 aliphatic heterocycles. The van der Waals surface area contributed by atoms with Gasteiger partial charge in [-0.2, -0.15) is 13.2 Å². The molecule has 1 aromatic carbocycles. The van der Waals surface area contributed by atoms with E-state index in [1.165, 1.54) is 13.8 Å². The highest BCUT2D eigenvalue weighted by Crippen LogP contribution is 2.46. The van der Waals surface area contributed by atoms with Crippen LogP contribution in [0, 0.1) is 0 Å². The van der Waals surface area contributed by atoms with E-state index in [4.69, 9.17) is 0 Å². The van der Waals surface area contributed by atoms with Crippen LogP contribution in [0.15, 0.2) is 27.8 Å². The van der Waals surface area contributed by atoms with Gasteiger partial charge in [-0.15, -0.1) is 0 Å². The predicted molar refractivity (Wildman–Crippen MR) is 80.0 cm³/mol. The van der Waals surface area contributed by atoms with Gasteiger partial charge in [0.2, 0.25) is 0 Å². The fourth-order valence-electron chi connectivity index (χ4n) is 2.32. The minimum atomic E-state index is -4.64. The van der Waals surface area contributed by atoms with Crippen LogP contribution in [-0.2, 0) is 10.7 Å². The predicted octanol–water partition coefficient (Wildman–Crippen LogP) is 1.84. The molecule has 24 heavy (non-hydrogen) atoms. The van der Waals surface area contributed by atoms with Crippen molar-refractivity contribution < 1.29 is 27.5 Å². The lowest BCUT2D eigenvalue weighted by molar-refractivity contribution is -0.137. The van der Waals surface area contributed by atoms with Gasteiger partial charge in [0, 0.05) is 6.04 Å². The summed E-state index contributed by atoms with van der Waals surface area (Å²) in [7, 11) is -4.58. The van der Waals surface area contributed by atoms with E-state index < -0.39 is 42.2 Å². The van der Waals surface area contributed by atoms with E-state index in [9.17, 15) is 37.1 Å². The molecule has 1 heterocycles. The van der Waals surface area contributed by atoms with Crippen molar-refractivity contribution in [1.29, 1.82) is 0 Å². The van der Waals surface area contributed by atoms with Crippen molar-refractivity contribution in [2.45, 2.75) is 31.7 Å². The maximum atomic E-state index is 12.8. The summed E-state index contributed by atoms with van der Waals surface area (Å²) < 4.78 is 50.5. The van der Waals surface area contributed by atoms with Crippen LogP contribution in [0.5, 0.6) is 0 Å². The Labute approximate surface area is 132 Å². The van der Waals surface area contributed by atoms with Crippen LogP contribution >= 0.6 is 7.60 Å². The standard InChI is InChI=1S/C13H14F3N2O5P/c1-6(7(2)24(21,22)23)18-10-4-3-8(13(14,15)16)5-9(10)17-11(19)12(18)20/h3-7H,1-2H3,(H,17,19)(H2,21,22,23). The summed E-state index contributed by atoms with van der Waals surface area (Å²) in [5, 5.41) is 0.